The molecule has 0 bridgehead atoms. The van der Waals surface area contributed by atoms with Gasteiger partial charge in [-0.1, -0.05) is 37.3 Å². The highest BCUT2D eigenvalue weighted by Crippen LogP contribution is 2.28. The lowest BCUT2D eigenvalue weighted by molar-refractivity contribution is -0.130. The summed E-state index contributed by atoms with van der Waals surface area (Å²) in [5.74, 6) is 0.219. The minimum atomic E-state index is -0.121. The van der Waals surface area contributed by atoms with Crippen LogP contribution < -0.4 is 5.32 Å². The highest BCUT2D eigenvalue weighted by atomic mass is 32.1. The van der Waals surface area contributed by atoms with Gasteiger partial charge >= 0.3 is 0 Å². The zero-order valence-electron chi connectivity index (χ0n) is 12.2. The molecule has 4 heteroatoms. The Morgan fingerprint density at radius 1 is 1.24 bits per heavy atom. The van der Waals surface area contributed by atoms with E-state index in [-0.39, 0.29) is 18.1 Å². The van der Waals surface area contributed by atoms with Crippen LogP contribution in [-0.4, -0.2) is 23.4 Å². The van der Waals surface area contributed by atoms with Crippen molar-refractivity contribution in [2.45, 2.75) is 32.0 Å². The van der Waals surface area contributed by atoms with E-state index in [9.17, 15) is 4.79 Å². The van der Waals surface area contributed by atoms with Crippen LogP contribution in [0.3, 0.4) is 0 Å². The van der Waals surface area contributed by atoms with Gasteiger partial charge in [0.2, 0.25) is 5.91 Å². The Balaban J connectivity index is 1.79. The van der Waals surface area contributed by atoms with Gasteiger partial charge in [-0.05, 0) is 40.8 Å². The molecule has 110 valence electrons. The molecule has 0 spiro atoms. The number of thiophene rings is 1. The molecule has 2 heterocycles. The van der Waals surface area contributed by atoms with Crippen molar-refractivity contribution >= 4 is 17.2 Å². The number of nitrogens with one attached hydrogen (secondary N) is 1. The molecule has 1 aliphatic heterocycles. The van der Waals surface area contributed by atoms with Crippen LogP contribution >= 0.6 is 11.3 Å². The molecule has 1 amide bonds. The van der Waals surface area contributed by atoms with Crippen molar-refractivity contribution in [3.05, 3.63) is 58.3 Å². The van der Waals surface area contributed by atoms with Crippen LogP contribution in [0.25, 0.3) is 0 Å². The normalized spacial score (nSPS) is 22.0. The number of amides is 1. The fraction of sp³-hybridized carbons (Fsp3) is 0.353. The smallest absolute Gasteiger partial charge is 0.241 e. The van der Waals surface area contributed by atoms with Crippen LogP contribution in [0.2, 0.25) is 0 Å². The van der Waals surface area contributed by atoms with Crippen molar-refractivity contribution in [3.8, 4) is 0 Å². The zero-order chi connectivity index (χ0) is 14.7. The van der Waals surface area contributed by atoms with Gasteiger partial charge in [0, 0.05) is 6.54 Å². The summed E-state index contributed by atoms with van der Waals surface area (Å²) in [4.78, 5) is 14.7. The van der Waals surface area contributed by atoms with E-state index < -0.39 is 0 Å². The molecule has 1 aromatic heterocycles. The van der Waals surface area contributed by atoms with Crippen LogP contribution in [0.5, 0.6) is 0 Å². The van der Waals surface area contributed by atoms with Crippen molar-refractivity contribution in [1.29, 1.82) is 0 Å². The number of benzene rings is 1. The van der Waals surface area contributed by atoms with Crippen molar-refractivity contribution in [1.82, 2.24) is 10.2 Å². The Kier molecular flexibility index (Phi) is 4.36. The lowest BCUT2D eigenvalue weighted by Crippen LogP contribution is -2.32. The molecule has 3 nitrogen and oxygen atoms in total. The van der Waals surface area contributed by atoms with E-state index >= 15 is 0 Å². The maximum absolute atomic E-state index is 12.7. The number of carbonyl (C=O) groups excluding carboxylic acids is 1. The molecule has 0 radical (unpaired) electrons. The van der Waals surface area contributed by atoms with E-state index in [1.807, 2.05) is 23.1 Å². The van der Waals surface area contributed by atoms with Gasteiger partial charge < -0.3 is 4.90 Å². The molecular weight excluding hydrogens is 280 g/mol. The molecule has 2 aromatic rings. The van der Waals surface area contributed by atoms with E-state index in [4.69, 9.17) is 0 Å². The summed E-state index contributed by atoms with van der Waals surface area (Å²) in [5, 5.41) is 7.70. The van der Waals surface area contributed by atoms with E-state index in [0.717, 1.165) is 19.4 Å². The first-order valence-electron chi connectivity index (χ1n) is 7.42. The summed E-state index contributed by atoms with van der Waals surface area (Å²) >= 11 is 1.68. The molecular formula is C17H20N2OS. The average molecular weight is 300 g/mol. The highest BCUT2D eigenvalue weighted by molar-refractivity contribution is 7.07. The molecule has 2 atom stereocenters. The Hall–Kier alpha value is -1.65. The maximum atomic E-state index is 12.7. The number of nitrogens with zero attached hydrogens (tertiary/aromatic N) is 1. The lowest BCUT2D eigenvalue weighted by atomic mass is 10.1. The second kappa shape index (κ2) is 6.41. The van der Waals surface area contributed by atoms with Gasteiger partial charge in [0.15, 0.2) is 0 Å². The Bertz CT molecular complexity index is 582. The summed E-state index contributed by atoms with van der Waals surface area (Å²) in [6, 6.07) is 12.2. The molecule has 1 N–H and O–H groups in total. The van der Waals surface area contributed by atoms with Crippen LogP contribution in [0, 0.1) is 0 Å². The predicted molar refractivity (Wildman–Crippen MR) is 86.1 cm³/mol. The van der Waals surface area contributed by atoms with Crippen LogP contribution in [0.15, 0.2) is 47.2 Å². The molecule has 1 aromatic carbocycles. The minimum Gasteiger partial charge on any atom is -0.322 e. The molecule has 0 aliphatic carbocycles. The molecule has 3 rings (SSSR count). The van der Waals surface area contributed by atoms with Gasteiger partial charge in [-0.15, -0.1) is 0 Å². The summed E-state index contributed by atoms with van der Waals surface area (Å²) in [5.41, 5.74) is 2.39. The largest absolute Gasteiger partial charge is 0.322 e. The fourth-order valence-electron chi connectivity index (χ4n) is 2.86. The minimum absolute atomic E-state index is 0.0254. The van der Waals surface area contributed by atoms with Gasteiger partial charge in [-0.3, -0.25) is 10.1 Å². The maximum Gasteiger partial charge on any atom is 0.241 e. The Morgan fingerprint density at radius 3 is 2.71 bits per heavy atom. The number of carbonyl (C=O) groups is 1. The molecule has 1 fully saturated rings. The highest BCUT2D eigenvalue weighted by Gasteiger charge is 2.38. The molecule has 2 unspecified atom stereocenters. The summed E-state index contributed by atoms with van der Waals surface area (Å²) in [6.07, 6.45) is 1.75. The molecule has 21 heavy (non-hydrogen) atoms. The monoisotopic (exact) mass is 300 g/mol. The third-order valence-corrected chi connectivity index (χ3v) is 4.56. The first-order chi connectivity index (χ1) is 10.3. The zero-order valence-corrected chi connectivity index (χ0v) is 13.0. The van der Waals surface area contributed by atoms with Crippen molar-refractivity contribution in [2.75, 3.05) is 6.54 Å². The average Bonchev–Trinajstić information content (AvgIpc) is 3.12. The fourth-order valence-corrected chi connectivity index (χ4v) is 3.54. The van der Waals surface area contributed by atoms with Gasteiger partial charge in [-0.25, -0.2) is 0 Å². The Morgan fingerprint density at radius 2 is 2.05 bits per heavy atom. The van der Waals surface area contributed by atoms with E-state index in [1.165, 1.54) is 11.1 Å². The summed E-state index contributed by atoms with van der Waals surface area (Å²) in [6.45, 7) is 2.92. The molecule has 1 saturated heterocycles. The van der Waals surface area contributed by atoms with Crippen LogP contribution in [0.4, 0.5) is 0 Å². The number of rotatable bonds is 5. The van der Waals surface area contributed by atoms with Crippen molar-refractivity contribution in [3.63, 3.8) is 0 Å². The van der Waals surface area contributed by atoms with Gasteiger partial charge in [0.1, 0.15) is 6.17 Å². The third-order valence-electron chi connectivity index (χ3n) is 3.86. The Labute approximate surface area is 129 Å². The van der Waals surface area contributed by atoms with Gasteiger partial charge in [0.05, 0.1) is 6.04 Å². The second-order valence-electron chi connectivity index (χ2n) is 5.40. The quantitative estimate of drug-likeness (QED) is 0.919. The number of hydrogen-bond acceptors (Lipinski definition) is 3. The van der Waals surface area contributed by atoms with Crippen molar-refractivity contribution in [2.24, 2.45) is 0 Å². The first-order valence-corrected chi connectivity index (χ1v) is 8.36. The second-order valence-corrected chi connectivity index (χ2v) is 6.18. The SMILES string of the molecule is CCCN1C(=O)C(Cc2ccccc2)NC1c1ccsc1. The topological polar surface area (TPSA) is 32.3 Å². The molecule has 1 aliphatic rings. The van der Waals surface area contributed by atoms with Gasteiger partial charge in [0.25, 0.3) is 0 Å². The first kappa shape index (κ1) is 14.3. The van der Waals surface area contributed by atoms with Crippen LogP contribution in [0.1, 0.15) is 30.6 Å². The standard InChI is InChI=1S/C17H20N2OS/c1-2-9-19-16(14-8-10-21-12-14)18-15(17(19)20)11-13-6-4-3-5-7-13/h3-8,10,12,15-16,18H,2,9,11H2,1H3. The van der Waals surface area contributed by atoms with Gasteiger partial charge in [-0.2, -0.15) is 11.3 Å². The van der Waals surface area contributed by atoms with Crippen LogP contribution in [-0.2, 0) is 11.2 Å². The van der Waals surface area contributed by atoms with E-state index in [1.54, 1.807) is 11.3 Å². The summed E-state index contributed by atoms with van der Waals surface area (Å²) in [7, 11) is 0. The number of hydrogen-bond donors (Lipinski definition) is 1. The van der Waals surface area contributed by atoms with E-state index in [2.05, 4.69) is 41.2 Å². The molecule has 0 saturated carbocycles. The summed E-state index contributed by atoms with van der Waals surface area (Å²) < 4.78 is 0. The third kappa shape index (κ3) is 3.01. The van der Waals surface area contributed by atoms with Crippen molar-refractivity contribution < 1.29 is 4.79 Å². The lowest BCUT2D eigenvalue weighted by Gasteiger charge is -2.22. The van der Waals surface area contributed by atoms with E-state index in [0.29, 0.717) is 0 Å². The predicted octanol–water partition coefficient (Wildman–Crippen LogP) is 3.20.